The summed E-state index contributed by atoms with van der Waals surface area (Å²) < 4.78 is 0. The number of amides is 1. The molecule has 0 aliphatic carbocycles. The van der Waals surface area contributed by atoms with Gasteiger partial charge >= 0.3 is 0 Å². The fourth-order valence-corrected chi connectivity index (χ4v) is 2.71. The lowest BCUT2D eigenvalue weighted by Crippen LogP contribution is -2.23. The molecule has 0 spiro atoms. The summed E-state index contributed by atoms with van der Waals surface area (Å²) in [7, 11) is 0. The highest BCUT2D eigenvalue weighted by Gasteiger charge is 2.23. The number of aromatic nitrogens is 2. The van der Waals surface area contributed by atoms with Gasteiger partial charge < -0.3 is 0 Å². The molecule has 0 aromatic carbocycles. The van der Waals surface area contributed by atoms with Crippen LogP contribution in [-0.2, 0) is 4.79 Å². The van der Waals surface area contributed by atoms with Crippen LogP contribution in [0.3, 0.4) is 0 Å². The van der Waals surface area contributed by atoms with Gasteiger partial charge in [0.05, 0.1) is 0 Å². The first kappa shape index (κ1) is 10.7. The Morgan fingerprint density at radius 1 is 1.67 bits per heavy atom. The molecule has 80 valence electrons. The van der Waals surface area contributed by atoms with Crippen molar-refractivity contribution in [3.8, 4) is 0 Å². The molecule has 0 radical (unpaired) electrons. The minimum absolute atomic E-state index is 0.0118. The molecule has 1 N–H and O–H groups in total. The van der Waals surface area contributed by atoms with Crippen molar-refractivity contribution in [2.24, 2.45) is 5.92 Å². The summed E-state index contributed by atoms with van der Waals surface area (Å²) in [5.74, 6) is 2.28. The Morgan fingerprint density at radius 3 is 3.20 bits per heavy atom. The van der Waals surface area contributed by atoms with Crippen LogP contribution in [0.4, 0.5) is 5.95 Å². The molecule has 1 aromatic heterocycles. The molecule has 2 heterocycles. The highest BCUT2D eigenvalue weighted by molar-refractivity contribution is 7.99. The van der Waals surface area contributed by atoms with E-state index in [0.717, 1.165) is 17.9 Å². The maximum absolute atomic E-state index is 11.7. The number of hydrogen-bond acceptors (Lipinski definition) is 4. The third-order valence-corrected chi connectivity index (χ3v) is 3.53. The van der Waals surface area contributed by atoms with Crippen molar-refractivity contribution in [3.05, 3.63) is 17.4 Å². The fourth-order valence-electron chi connectivity index (χ4n) is 1.35. The third kappa shape index (κ3) is 2.82. The monoisotopic (exact) mass is 243 g/mol. The molecule has 1 aliphatic heterocycles. The summed E-state index contributed by atoms with van der Waals surface area (Å²) >= 11 is 7.48. The van der Waals surface area contributed by atoms with E-state index in [1.165, 1.54) is 6.20 Å². The first-order valence-corrected chi connectivity index (χ1v) is 6.16. The third-order valence-electron chi connectivity index (χ3n) is 2.16. The number of rotatable bonds is 2. The number of carbonyl (C=O) groups is 1. The van der Waals surface area contributed by atoms with Crippen molar-refractivity contribution < 1.29 is 4.79 Å². The van der Waals surface area contributed by atoms with Gasteiger partial charge in [0.2, 0.25) is 11.9 Å². The topological polar surface area (TPSA) is 54.9 Å². The molecule has 1 amide bonds. The molecule has 1 atom stereocenters. The van der Waals surface area contributed by atoms with Crippen LogP contribution in [-0.4, -0.2) is 27.4 Å². The Bertz CT molecular complexity index is 368. The highest BCUT2D eigenvalue weighted by atomic mass is 35.5. The lowest BCUT2D eigenvalue weighted by Gasteiger charge is -2.07. The van der Waals surface area contributed by atoms with Crippen molar-refractivity contribution in [2.75, 3.05) is 16.8 Å². The van der Waals surface area contributed by atoms with Gasteiger partial charge in [-0.05, 0) is 18.2 Å². The zero-order valence-corrected chi connectivity index (χ0v) is 9.51. The van der Waals surface area contributed by atoms with Crippen LogP contribution in [0, 0.1) is 5.92 Å². The summed E-state index contributed by atoms with van der Waals surface area (Å²) in [5, 5.41) is 3.00. The molecule has 1 fully saturated rings. The van der Waals surface area contributed by atoms with E-state index in [1.54, 1.807) is 17.8 Å². The largest absolute Gasteiger partial charge is 0.294 e. The van der Waals surface area contributed by atoms with Crippen LogP contribution in [0.5, 0.6) is 0 Å². The van der Waals surface area contributed by atoms with E-state index in [9.17, 15) is 4.79 Å². The van der Waals surface area contributed by atoms with Gasteiger partial charge in [-0.3, -0.25) is 10.1 Å². The molecule has 4 nitrogen and oxygen atoms in total. The lowest BCUT2D eigenvalue weighted by molar-refractivity contribution is -0.119. The van der Waals surface area contributed by atoms with Gasteiger partial charge in [-0.25, -0.2) is 9.97 Å². The number of halogens is 1. The van der Waals surface area contributed by atoms with E-state index < -0.39 is 0 Å². The van der Waals surface area contributed by atoms with Gasteiger partial charge in [0, 0.05) is 17.9 Å². The van der Waals surface area contributed by atoms with Crippen molar-refractivity contribution in [2.45, 2.75) is 6.42 Å². The maximum atomic E-state index is 11.7. The number of nitrogens with one attached hydrogen (secondary N) is 1. The summed E-state index contributed by atoms with van der Waals surface area (Å²) in [6.45, 7) is 0. The highest BCUT2D eigenvalue weighted by Crippen LogP contribution is 2.24. The van der Waals surface area contributed by atoms with E-state index in [2.05, 4.69) is 15.3 Å². The summed E-state index contributed by atoms with van der Waals surface area (Å²) in [4.78, 5) is 19.5. The zero-order valence-electron chi connectivity index (χ0n) is 7.94. The number of hydrogen-bond donors (Lipinski definition) is 1. The second kappa shape index (κ2) is 4.81. The second-order valence-corrected chi connectivity index (χ2v) is 4.79. The van der Waals surface area contributed by atoms with Crippen LogP contribution in [0.2, 0.25) is 5.15 Å². The van der Waals surface area contributed by atoms with Crippen molar-refractivity contribution in [3.63, 3.8) is 0 Å². The Morgan fingerprint density at radius 2 is 2.53 bits per heavy atom. The van der Waals surface area contributed by atoms with Crippen LogP contribution < -0.4 is 5.32 Å². The summed E-state index contributed by atoms with van der Waals surface area (Å²) in [6, 6.07) is 1.57. The van der Waals surface area contributed by atoms with E-state index >= 15 is 0 Å². The predicted octanol–water partition coefficient (Wildman–Crippen LogP) is 1.82. The van der Waals surface area contributed by atoms with Crippen molar-refractivity contribution in [1.82, 2.24) is 9.97 Å². The van der Waals surface area contributed by atoms with Crippen molar-refractivity contribution >= 4 is 35.2 Å². The Kier molecular flexibility index (Phi) is 3.43. The Balaban J connectivity index is 1.99. The van der Waals surface area contributed by atoms with Gasteiger partial charge in [-0.15, -0.1) is 0 Å². The Hall–Kier alpha value is -0.810. The molecule has 1 unspecified atom stereocenters. The SMILES string of the molecule is O=C(Nc1nccc(Cl)n1)C1CCSC1. The smallest absolute Gasteiger partial charge is 0.230 e. The summed E-state index contributed by atoms with van der Waals surface area (Å²) in [6.07, 6.45) is 2.45. The normalized spacial score (nSPS) is 20.2. The molecular formula is C9H10ClN3OS. The zero-order chi connectivity index (χ0) is 10.7. The second-order valence-electron chi connectivity index (χ2n) is 3.25. The molecule has 1 saturated heterocycles. The number of nitrogens with zero attached hydrogens (tertiary/aromatic N) is 2. The average Bonchev–Trinajstić information content (AvgIpc) is 2.70. The van der Waals surface area contributed by atoms with Crippen LogP contribution >= 0.6 is 23.4 Å². The maximum Gasteiger partial charge on any atom is 0.230 e. The van der Waals surface area contributed by atoms with Gasteiger partial charge in [-0.2, -0.15) is 11.8 Å². The molecule has 0 bridgehead atoms. The number of thioether (sulfide) groups is 1. The van der Waals surface area contributed by atoms with Crippen molar-refractivity contribution in [1.29, 1.82) is 0 Å². The van der Waals surface area contributed by atoms with Crippen LogP contribution in [0.25, 0.3) is 0 Å². The standard InChI is InChI=1S/C9H10ClN3OS/c10-7-1-3-11-9(12-7)13-8(14)6-2-4-15-5-6/h1,3,6H,2,4-5H2,(H,11,12,13,14). The number of anilines is 1. The van der Waals surface area contributed by atoms with E-state index in [1.807, 2.05) is 0 Å². The first-order valence-electron chi connectivity index (χ1n) is 4.63. The van der Waals surface area contributed by atoms with E-state index in [4.69, 9.17) is 11.6 Å². The summed E-state index contributed by atoms with van der Waals surface area (Å²) in [5.41, 5.74) is 0. The predicted molar refractivity (Wildman–Crippen MR) is 61.1 cm³/mol. The number of carbonyl (C=O) groups excluding carboxylic acids is 1. The molecular weight excluding hydrogens is 234 g/mol. The lowest BCUT2D eigenvalue weighted by atomic mass is 10.1. The van der Waals surface area contributed by atoms with Gasteiger partial charge in [0.25, 0.3) is 0 Å². The molecule has 6 heteroatoms. The molecule has 1 aromatic rings. The van der Waals surface area contributed by atoms with Crippen LogP contribution in [0.15, 0.2) is 12.3 Å². The van der Waals surface area contributed by atoms with Gasteiger partial charge in [0.15, 0.2) is 0 Å². The average molecular weight is 244 g/mol. The van der Waals surface area contributed by atoms with E-state index in [0.29, 0.717) is 5.15 Å². The van der Waals surface area contributed by atoms with Gasteiger partial charge in [-0.1, -0.05) is 11.6 Å². The first-order chi connectivity index (χ1) is 7.25. The Labute approximate surface area is 96.8 Å². The van der Waals surface area contributed by atoms with Crippen LogP contribution in [0.1, 0.15) is 6.42 Å². The fraction of sp³-hybridized carbons (Fsp3) is 0.444. The quantitative estimate of drug-likeness (QED) is 0.806. The minimum Gasteiger partial charge on any atom is -0.294 e. The molecule has 1 aliphatic rings. The molecule has 2 rings (SSSR count). The molecule has 0 saturated carbocycles. The molecule has 15 heavy (non-hydrogen) atoms. The minimum atomic E-state index is -0.0118. The van der Waals surface area contributed by atoms with E-state index in [-0.39, 0.29) is 17.8 Å². The van der Waals surface area contributed by atoms with Gasteiger partial charge in [0.1, 0.15) is 5.15 Å².